The minimum Gasteiger partial charge on any atom is -0.467 e. The third-order valence-electron chi connectivity index (χ3n) is 6.31. The first kappa shape index (κ1) is 21.7. The number of aromatic nitrogens is 2. The van der Waals surface area contributed by atoms with Crippen LogP contribution in [0.25, 0.3) is 5.69 Å². The second-order valence-corrected chi connectivity index (χ2v) is 9.25. The molecule has 1 saturated heterocycles. The zero-order chi connectivity index (χ0) is 23.1. The number of aryl methyl sites for hydroxylation is 2. The van der Waals surface area contributed by atoms with Gasteiger partial charge in [-0.2, -0.15) is 0 Å². The molecule has 168 valence electrons. The van der Waals surface area contributed by atoms with Gasteiger partial charge in [0.05, 0.1) is 30.6 Å². The predicted octanol–water partition coefficient (Wildman–Crippen LogP) is 6.22. The molecule has 5 rings (SSSR count). The van der Waals surface area contributed by atoms with Crippen molar-refractivity contribution in [1.82, 2.24) is 19.8 Å². The minimum atomic E-state index is -0.0805. The van der Waals surface area contributed by atoms with Crippen LogP contribution >= 0.6 is 23.8 Å². The number of thiocarbonyl (C=S) groups is 1. The highest BCUT2D eigenvalue weighted by Crippen LogP contribution is 2.42. The summed E-state index contributed by atoms with van der Waals surface area (Å²) in [6.45, 7) is 6.97. The summed E-state index contributed by atoms with van der Waals surface area (Å²) in [5.74, 6) is 0.866. The first-order valence-corrected chi connectivity index (χ1v) is 11.7. The Morgan fingerprint density at radius 2 is 1.94 bits per heavy atom. The maximum absolute atomic E-state index is 6.36. The molecule has 1 N–H and O–H groups in total. The minimum absolute atomic E-state index is 0.0445. The van der Waals surface area contributed by atoms with E-state index in [0.29, 0.717) is 11.7 Å². The van der Waals surface area contributed by atoms with Crippen LogP contribution in [0.2, 0.25) is 5.02 Å². The van der Waals surface area contributed by atoms with Crippen LogP contribution in [0.4, 0.5) is 0 Å². The number of halogens is 1. The van der Waals surface area contributed by atoms with E-state index < -0.39 is 0 Å². The normalized spacial score (nSPS) is 18.1. The Kier molecular flexibility index (Phi) is 5.72. The molecule has 4 aromatic rings. The van der Waals surface area contributed by atoms with Crippen molar-refractivity contribution in [3.8, 4) is 5.69 Å². The van der Waals surface area contributed by atoms with Crippen molar-refractivity contribution in [2.75, 3.05) is 0 Å². The van der Waals surface area contributed by atoms with Crippen molar-refractivity contribution >= 4 is 28.9 Å². The molecule has 0 aliphatic carbocycles. The number of hydrogen-bond donors (Lipinski definition) is 1. The number of nitrogens with one attached hydrogen (secondary N) is 1. The summed E-state index contributed by atoms with van der Waals surface area (Å²) >= 11 is 12.2. The Bertz CT molecular complexity index is 1300. The lowest BCUT2D eigenvalue weighted by molar-refractivity contribution is 0.286. The smallest absolute Gasteiger partial charge is 0.170 e. The molecule has 0 bridgehead atoms. The van der Waals surface area contributed by atoms with Gasteiger partial charge in [0.25, 0.3) is 0 Å². The summed E-state index contributed by atoms with van der Waals surface area (Å²) in [6.07, 6.45) is 3.52. The summed E-state index contributed by atoms with van der Waals surface area (Å²) in [6, 6.07) is 18.0. The third kappa shape index (κ3) is 3.94. The molecule has 0 unspecified atom stereocenters. The Hall–Kier alpha value is -3.09. The van der Waals surface area contributed by atoms with Gasteiger partial charge in [-0.15, -0.1) is 0 Å². The fourth-order valence-corrected chi connectivity index (χ4v) is 5.24. The van der Waals surface area contributed by atoms with E-state index >= 15 is 0 Å². The van der Waals surface area contributed by atoms with E-state index in [1.807, 2.05) is 48.7 Å². The predicted molar refractivity (Wildman–Crippen MR) is 135 cm³/mol. The summed E-state index contributed by atoms with van der Waals surface area (Å²) < 4.78 is 7.94. The Labute approximate surface area is 204 Å². The van der Waals surface area contributed by atoms with E-state index in [1.54, 1.807) is 6.26 Å². The van der Waals surface area contributed by atoms with Gasteiger partial charge in [-0.25, -0.2) is 0 Å². The van der Waals surface area contributed by atoms with Crippen molar-refractivity contribution < 1.29 is 4.42 Å². The van der Waals surface area contributed by atoms with Crippen molar-refractivity contribution in [1.29, 1.82) is 0 Å². The van der Waals surface area contributed by atoms with Gasteiger partial charge in [-0.05, 0) is 86.6 Å². The lowest BCUT2D eigenvalue weighted by Gasteiger charge is -2.27. The third-order valence-corrected chi connectivity index (χ3v) is 6.89. The van der Waals surface area contributed by atoms with Gasteiger partial charge >= 0.3 is 0 Å². The quantitative estimate of drug-likeness (QED) is 0.346. The Balaban J connectivity index is 1.65. The maximum atomic E-state index is 6.36. The molecule has 7 heteroatoms. The standard InChI is InChI=1S/C26H25ClN4OS/c1-16-9-10-19(27)14-23(16)31-17(2)13-21(18(31)3)25-24(22-8-4-5-11-28-22)29-26(33)30(25)15-20-7-6-12-32-20/h4-14,24-25H,15H2,1-3H3,(H,29,33)/t24-,25+/m0/s1. The lowest BCUT2D eigenvalue weighted by atomic mass is 9.96. The van der Waals surface area contributed by atoms with Gasteiger partial charge in [0.1, 0.15) is 5.76 Å². The van der Waals surface area contributed by atoms with Crippen LogP contribution in [0.1, 0.15) is 46.1 Å². The number of rotatable bonds is 5. The Morgan fingerprint density at radius 3 is 2.67 bits per heavy atom. The van der Waals surface area contributed by atoms with Crippen LogP contribution in [-0.4, -0.2) is 19.6 Å². The Morgan fingerprint density at radius 1 is 1.09 bits per heavy atom. The largest absolute Gasteiger partial charge is 0.467 e. The second-order valence-electron chi connectivity index (χ2n) is 8.43. The van der Waals surface area contributed by atoms with E-state index in [-0.39, 0.29) is 12.1 Å². The van der Waals surface area contributed by atoms with Crippen molar-refractivity contribution in [3.05, 3.63) is 106 Å². The fourth-order valence-electron chi connectivity index (χ4n) is 4.77. The molecule has 1 aliphatic heterocycles. The first-order chi connectivity index (χ1) is 15.9. The van der Waals surface area contributed by atoms with Gasteiger partial charge in [0.15, 0.2) is 5.11 Å². The summed E-state index contributed by atoms with van der Waals surface area (Å²) in [5.41, 5.74) is 6.70. The number of benzene rings is 1. The first-order valence-electron chi connectivity index (χ1n) is 10.9. The van der Waals surface area contributed by atoms with Gasteiger partial charge in [0.2, 0.25) is 0 Å². The van der Waals surface area contributed by atoms with Crippen molar-refractivity contribution in [2.45, 2.75) is 39.4 Å². The molecule has 0 saturated carbocycles. The SMILES string of the molecule is Cc1ccc(Cl)cc1-n1c(C)cc([C@@H]2[C@H](c3ccccn3)NC(=S)N2Cc2ccco2)c1C. The van der Waals surface area contributed by atoms with Crippen molar-refractivity contribution in [3.63, 3.8) is 0 Å². The molecule has 33 heavy (non-hydrogen) atoms. The van der Waals surface area contributed by atoms with E-state index in [0.717, 1.165) is 33.6 Å². The van der Waals surface area contributed by atoms with Crippen LogP contribution in [0, 0.1) is 20.8 Å². The lowest BCUT2D eigenvalue weighted by Crippen LogP contribution is -2.29. The molecule has 4 heterocycles. The molecule has 0 amide bonds. The average molecular weight is 477 g/mol. The zero-order valence-corrected chi connectivity index (χ0v) is 20.3. The molecule has 3 aromatic heterocycles. The number of nitrogens with zero attached hydrogens (tertiary/aromatic N) is 3. The molecule has 5 nitrogen and oxygen atoms in total. The molecule has 2 atom stereocenters. The number of hydrogen-bond acceptors (Lipinski definition) is 3. The molecule has 1 aliphatic rings. The summed E-state index contributed by atoms with van der Waals surface area (Å²) in [5, 5.41) is 4.93. The van der Waals surface area contributed by atoms with Crippen LogP contribution in [0.15, 0.2) is 71.5 Å². The summed E-state index contributed by atoms with van der Waals surface area (Å²) in [7, 11) is 0. The van der Waals surface area contributed by atoms with Gasteiger partial charge in [-0.1, -0.05) is 23.7 Å². The van der Waals surface area contributed by atoms with Gasteiger partial charge < -0.3 is 19.2 Å². The van der Waals surface area contributed by atoms with Crippen LogP contribution < -0.4 is 5.32 Å². The van der Waals surface area contributed by atoms with E-state index in [4.69, 9.17) is 28.2 Å². The van der Waals surface area contributed by atoms with Crippen LogP contribution in [0.3, 0.4) is 0 Å². The average Bonchev–Trinajstić information content (AvgIpc) is 3.50. The summed E-state index contributed by atoms with van der Waals surface area (Å²) in [4.78, 5) is 6.85. The molecule has 0 spiro atoms. The number of pyridine rings is 1. The van der Waals surface area contributed by atoms with Crippen LogP contribution in [-0.2, 0) is 6.54 Å². The van der Waals surface area contributed by atoms with Gasteiger partial charge in [-0.3, -0.25) is 4.98 Å². The molecule has 1 aromatic carbocycles. The van der Waals surface area contributed by atoms with E-state index in [9.17, 15) is 0 Å². The monoisotopic (exact) mass is 476 g/mol. The molecular formula is C26H25ClN4OS. The number of furan rings is 1. The highest BCUT2D eigenvalue weighted by Gasteiger charge is 2.41. The topological polar surface area (TPSA) is 46.2 Å². The molecule has 0 radical (unpaired) electrons. The molecule has 1 fully saturated rings. The fraction of sp³-hybridized carbons (Fsp3) is 0.231. The zero-order valence-electron chi connectivity index (χ0n) is 18.7. The highest BCUT2D eigenvalue weighted by molar-refractivity contribution is 7.80. The van der Waals surface area contributed by atoms with Gasteiger partial charge in [0, 0.05) is 28.3 Å². The van der Waals surface area contributed by atoms with Crippen LogP contribution in [0.5, 0.6) is 0 Å². The second kappa shape index (κ2) is 8.69. The molecular weight excluding hydrogens is 452 g/mol. The highest BCUT2D eigenvalue weighted by atomic mass is 35.5. The van der Waals surface area contributed by atoms with E-state index in [2.05, 4.69) is 52.7 Å². The maximum Gasteiger partial charge on any atom is 0.170 e. The van der Waals surface area contributed by atoms with Crippen molar-refractivity contribution in [2.24, 2.45) is 0 Å². The van der Waals surface area contributed by atoms with E-state index in [1.165, 1.54) is 11.1 Å².